The van der Waals surface area contributed by atoms with Crippen LogP contribution < -0.4 is 0 Å². The topological polar surface area (TPSA) is 52.1 Å². The number of aromatic nitrogens is 2. The molecule has 0 aliphatic heterocycles. The van der Waals surface area contributed by atoms with E-state index in [0.717, 1.165) is 12.2 Å². The lowest BCUT2D eigenvalue weighted by molar-refractivity contribution is 0.417. The van der Waals surface area contributed by atoms with Crippen LogP contribution >= 0.6 is 0 Å². The highest BCUT2D eigenvalue weighted by molar-refractivity contribution is 5.44. The van der Waals surface area contributed by atoms with Gasteiger partial charge in [-0.1, -0.05) is 12.1 Å². The van der Waals surface area contributed by atoms with Gasteiger partial charge in [0.15, 0.2) is 5.69 Å². The standard InChI is InChI=1S/C8H8N2O2/c1-2-6-5-9-8(12-6)7-3-4-11-10-7/h3-5H,2H2,1H3. The Morgan fingerprint density at radius 2 is 2.42 bits per heavy atom. The quantitative estimate of drug-likeness (QED) is 0.680. The van der Waals surface area contributed by atoms with Gasteiger partial charge in [0.2, 0.25) is 5.89 Å². The van der Waals surface area contributed by atoms with E-state index >= 15 is 0 Å². The summed E-state index contributed by atoms with van der Waals surface area (Å²) in [6, 6.07) is 1.71. The van der Waals surface area contributed by atoms with E-state index in [1.807, 2.05) is 6.92 Å². The Kier molecular flexibility index (Phi) is 1.66. The summed E-state index contributed by atoms with van der Waals surface area (Å²) < 4.78 is 10.0. The minimum absolute atomic E-state index is 0.514. The molecular formula is C8H8N2O2. The van der Waals surface area contributed by atoms with Gasteiger partial charge in [-0.05, 0) is 0 Å². The second-order valence-electron chi connectivity index (χ2n) is 2.37. The molecule has 0 amide bonds. The lowest BCUT2D eigenvalue weighted by Crippen LogP contribution is -1.73. The first-order valence-electron chi connectivity index (χ1n) is 3.75. The zero-order valence-corrected chi connectivity index (χ0v) is 6.65. The van der Waals surface area contributed by atoms with Gasteiger partial charge in [0.25, 0.3) is 0 Å². The van der Waals surface area contributed by atoms with E-state index in [4.69, 9.17) is 4.42 Å². The maximum atomic E-state index is 5.34. The Balaban J connectivity index is 2.35. The van der Waals surface area contributed by atoms with E-state index < -0.39 is 0 Å². The Morgan fingerprint density at radius 1 is 1.50 bits per heavy atom. The lowest BCUT2D eigenvalue weighted by Gasteiger charge is -1.85. The van der Waals surface area contributed by atoms with Crippen LogP contribution in [0.4, 0.5) is 0 Å². The second-order valence-corrected chi connectivity index (χ2v) is 2.37. The van der Waals surface area contributed by atoms with Crippen molar-refractivity contribution in [3.05, 3.63) is 24.3 Å². The van der Waals surface area contributed by atoms with Crippen LogP contribution in [0.25, 0.3) is 11.6 Å². The van der Waals surface area contributed by atoms with Crippen molar-refractivity contribution in [3.63, 3.8) is 0 Å². The van der Waals surface area contributed by atoms with Crippen molar-refractivity contribution < 1.29 is 8.94 Å². The molecule has 62 valence electrons. The normalized spacial score (nSPS) is 10.4. The van der Waals surface area contributed by atoms with Gasteiger partial charge < -0.3 is 8.94 Å². The van der Waals surface area contributed by atoms with Crippen LogP contribution in [0.1, 0.15) is 12.7 Å². The van der Waals surface area contributed by atoms with Crippen LogP contribution in [0.3, 0.4) is 0 Å². The summed E-state index contributed by atoms with van der Waals surface area (Å²) in [6.07, 6.45) is 4.03. The Bertz CT molecular complexity index is 351. The molecule has 2 rings (SSSR count). The molecule has 0 atom stereocenters. The van der Waals surface area contributed by atoms with Gasteiger partial charge in [0.1, 0.15) is 12.0 Å². The fourth-order valence-corrected chi connectivity index (χ4v) is 0.912. The summed E-state index contributed by atoms with van der Waals surface area (Å²) in [5.41, 5.74) is 0.634. The molecule has 0 fully saturated rings. The molecule has 0 radical (unpaired) electrons. The summed E-state index contributed by atoms with van der Waals surface area (Å²) in [6.45, 7) is 2.01. The molecule has 4 heteroatoms. The monoisotopic (exact) mass is 164 g/mol. The van der Waals surface area contributed by atoms with Crippen molar-refractivity contribution in [3.8, 4) is 11.6 Å². The van der Waals surface area contributed by atoms with Crippen LogP contribution in [0.15, 0.2) is 27.5 Å². The first kappa shape index (κ1) is 7.09. The van der Waals surface area contributed by atoms with Gasteiger partial charge in [-0.3, -0.25) is 0 Å². The molecule has 0 unspecified atom stereocenters. The molecule has 0 spiro atoms. The van der Waals surface area contributed by atoms with Crippen molar-refractivity contribution in [1.82, 2.24) is 10.1 Å². The summed E-state index contributed by atoms with van der Waals surface area (Å²) >= 11 is 0. The predicted molar refractivity (Wildman–Crippen MR) is 41.4 cm³/mol. The number of oxazole rings is 1. The average molecular weight is 164 g/mol. The molecule has 0 saturated heterocycles. The van der Waals surface area contributed by atoms with Gasteiger partial charge in [0, 0.05) is 12.5 Å². The van der Waals surface area contributed by atoms with Gasteiger partial charge in [-0.25, -0.2) is 4.98 Å². The molecule has 0 N–H and O–H groups in total. The van der Waals surface area contributed by atoms with Gasteiger partial charge in [0.05, 0.1) is 6.20 Å². The molecule has 2 heterocycles. The molecule has 4 nitrogen and oxygen atoms in total. The Hall–Kier alpha value is -1.58. The number of hydrogen-bond donors (Lipinski definition) is 0. The molecule has 2 aromatic heterocycles. The number of rotatable bonds is 2. The maximum Gasteiger partial charge on any atom is 0.248 e. The highest BCUT2D eigenvalue weighted by Crippen LogP contribution is 2.16. The molecule has 0 aromatic carbocycles. The molecule has 0 bridgehead atoms. The average Bonchev–Trinajstić information content (AvgIpc) is 2.75. The third kappa shape index (κ3) is 1.11. The fraction of sp³-hybridized carbons (Fsp3) is 0.250. The maximum absolute atomic E-state index is 5.34. The smallest absolute Gasteiger partial charge is 0.248 e. The summed E-state index contributed by atoms with van der Waals surface area (Å²) in [5.74, 6) is 1.37. The first-order valence-corrected chi connectivity index (χ1v) is 3.75. The summed E-state index contributed by atoms with van der Waals surface area (Å²) in [4.78, 5) is 4.04. The summed E-state index contributed by atoms with van der Waals surface area (Å²) in [7, 11) is 0. The summed E-state index contributed by atoms with van der Waals surface area (Å²) in [5, 5.41) is 3.70. The molecule has 2 aromatic rings. The van der Waals surface area contributed by atoms with Gasteiger partial charge in [-0.2, -0.15) is 0 Å². The zero-order valence-electron chi connectivity index (χ0n) is 6.65. The molecular weight excluding hydrogens is 156 g/mol. The SMILES string of the molecule is CCc1cnc(-c2ccon2)o1. The Morgan fingerprint density at radius 3 is 3.00 bits per heavy atom. The van der Waals surface area contributed by atoms with Crippen LogP contribution in [0.2, 0.25) is 0 Å². The minimum atomic E-state index is 0.514. The molecule has 0 aliphatic carbocycles. The van der Waals surface area contributed by atoms with E-state index in [1.165, 1.54) is 6.26 Å². The van der Waals surface area contributed by atoms with Crippen LogP contribution in [0.5, 0.6) is 0 Å². The molecule has 0 aliphatic rings. The van der Waals surface area contributed by atoms with Crippen molar-refractivity contribution in [2.24, 2.45) is 0 Å². The van der Waals surface area contributed by atoms with E-state index in [0.29, 0.717) is 11.6 Å². The van der Waals surface area contributed by atoms with E-state index in [-0.39, 0.29) is 0 Å². The Labute approximate surface area is 69.2 Å². The van der Waals surface area contributed by atoms with Crippen LogP contribution in [-0.2, 0) is 6.42 Å². The third-order valence-corrected chi connectivity index (χ3v) is 1.56. The largest absolute Gasteiger partial charge is 0.440 e. The van der Waals surface area contributed by atoms with Crippen molar-refractivity contribution in [2.45, 2.75) is 13.3 Å². The number of aryl methyl sites for hydroxylation is 1. The van der Waals surface area contributed by atoms with E-state index in [1.54, 1.807) is 12.3 Å². The van der Waals surface area contributed by atoms with Crippen molar-refractivity contribution >= 4 is 0 Å². The van der Waals surface area contributed by atoms with Crippen molar-refractivity contribution in [2.75, 3.05) is 0 Å². The first-order chi connectivity index (χ1) is 5.90. The van der Waals surface area contributed by atoms with Gasteiger partial charge >= 0.3 is 0 Å². The van der Waals surface area contributed by atoms with E-state index in [9.17, 15) is 0 Å². The second kappa shape index (κ2) is 2.81. The highest BCUT2D eigenvalue weighted by Gasteiger charge is 2.07. The lowest BCUT2D eigenvalue weighted by atomic mass is 10.4. The highest BCUT2D eigenvalue weighted by atomic mass is 16.5. The third-order valence-electron chi connectivity index (χ3n) is 1.56. The van der Waals surface area contributed by atoms with Crippen LogP contribution in [0, 0.1) is 0 Å². The molecule has 12 heavy (non-hydrogen) atoms. The van der Waals surface area contributed by atoms with E-state index in [2.05, 4.69) is 14.7 Å². The number of nitrogens with zero attached hydrogens (tertiary/aromatic N) is 2. The van der Waals surface area contributed by atoms with Crippen molar-refractivity contribution in [1.29, 1.82) is 0 Å². The molecule has 0 saturated carbocycles. The zero-order chi connectivity index (χ0) is 8.39. The van der Waals surface area contributed by atoms with Gasteiger partial charge in [-0.15, -0.1) is 0 Å². The minimum Gasteiger partial charge on any atom is -0.440 e. The fourth-order valence-electron chi connectivity index (χ4n) is 0.912. The van der Waals surface area contributed by atoms with Crippen LogP contribution in [-0.4, -0.2) is 10.1 Å². The number of hydrogen-bond acceptors (Lipinski definition) is 4. The predicted octanol–water partition coefficient (Wildman–Crippen LogP) is 1.89.